The lowest BCUT2D eigenvalue weighted by atomic mass is 10.4. The molecule has 0 radical (unpaired) electrons. The van der Waals surface area contributed by atoms with Crippen LogP contribution in [0.3, 0.4) is 0 Å². The van der Waals surface area contributed by atoms with E-state index in [1.807, 2.05) is 0 Å². The summed E-state index contributed by atoms with van der Waals surface area (Å²) in [6.07, 6.45) is 2.29. The van der Waals surface area contributed by atoms with Gasteiger partial charge in [0.15, 0.2) is 5.82 Å². The third-order valence-electron chi connectivity index (χ3n) is 2.49. The molecule has 1 aliphatic rings. The standard InChI is InChI=1S/C8H16N6O2S/c1-6(8-10-13-14-11-8)12-17(15,16)5-4-9-7-2-3-7/h6-7,9,12H,2-5H2,1H3,(H,10,11,13,14). The van der Waals surface area contributed by atoms with Crippen LogP contribution in [0.1, 0.15) is 31.6 Å². The van der Waals surface area contributed by atoms with Crippen molar-refractivity contribution in [1.82, 2.24) is 30.7 Å². The zero-order valence-corrected chi connectivity index (χ0v) is 10.4. The number of aromatic nitrogens is 4. The van der Waals surface area contributed by atoms with Crippen LogP contribution in [0, 0.1) is 0 Å². The van der Waals surface area contributed by atoms with Gasteiger partial charge in [0.25, 0.3) is 0 Å². The molecule has 1 heterocycles. The number of tetrazole rings is 1. The van der Waals surface area contributed by atoms with Crippen LogP contribution in [-0.4, -0.2) is 47.4 Å². The van der Waals surface area contributed by atoms with E-state index in [-0.39, 0.29) is 5.75 Å². The van der Waals surface area contributed by atoms with Gasteiger partial charge < -0.3 is 5.32 Å². The van der Waals surface area contributed by atoms with Gasteiger partial charge in [-0.15, -0.1) is 10.2 Å². The Labute approximate surface area is 99.6 Å². The summed E-state index contributed by atoms with van der Waals surface area (Å²) in [7, 11) is -3.31. The summed E-state index contributed by atoms with van der Waals surface area (Å²) < 4.78 is 25.9. The topological polar surface area (TPSA) is 113 Å². The van der Waals surface area contributed by atoms with Crippen molar-refractivity contribution < 1.29 is 8.42 Å². The Balaban J connectivity index is 1.79. The number of rotatable bonds is 7. The van der Waals surface area contributed by atoms with Crippen LogP contribution < -0.4 is 10.0 Å². The summed E-state index contributed by atoms with van der Waals surface area (Å²) in [4.78, 5) is 0. The SMILES string of the molecule is CC(NS(=O)(=O)CCNC1CC1)c1nn[nH]n1. The molecule has 9 heteroatoms. The minimum Gasteiger partial charge on any atom is -0.313 e. The van der Waals surface area contributed by atoms with Gasteiger partial charge in [-0.25, -0.2) is 13.1 Å². The molecule has 0 aromatic carbocycles. The van der Waals surface area contributed by atoms with Crippen LogP contribution in [0.4, 0.5) is 0 Å². The molecule has 3 N–H and O–H groups in total. The predicted molar refractivity (Wildman–Crippen MR) is 60.5 cm³/mol. The second-order valence-corrected chi connectivity index (χ2v) is 6.03. The number of hydrogen-bond donors (Lipinski definition) is 3. The van der Waals surface area contributed by atoms with Gasteiger partial charge in [-0.3, -0.25) is 0 Å². The van der Waals surface area contributed by atoms with Crippen molar-refractivity contribution in [3.8, 4) is 0 Å². The fraction of sp³-hybridized carbons (Fsp3) is 0.875. The molecule has 1 aliphatic carbocycles. The summed E-state index contributed by atoms with van der Waals surface area (Å²) >= 11 is 0. The molecule has 0 amide bonds. The summed E-state index contributed by atoms with van der Waals surface area (Å²) in [5.41, 5.74) is 0. The number of hydrogen-bond acceptors (Lipinski definition) is 6. The first kappa shape index (κ1) is 12.4. The Morgan fingerprint density at radius 3 is 2.88 bits per heavy atom. The smallest absolute Gasteiger partial charge is 0.213 e. The van der Waals surface area contributed by atoms with Gasteiger partial charge in [-0.05, 0) is 19.8 Å². The highest BCUT2D eigenvalue weighted by molar-refractivity contribution is 7.89. The minimum atomic E-state index is -3.31. The second kappa shape index (κ2) is 5.07. The largest absolute Gasteiger partial charge is 0.313 e. The van der Waals surface area contributed by atoms with E-state index in [9.17, 15) is 8.42 Å². The maximum Gasteiger partial charge on any atom is 0.213 e. The highest BCUT2D eigenvalue weighted by atomic mass is 32.2. The predicted octanol–water partition coefficient (Wildman–Crippen LogP) is -1.07. The van der Waals surface area contributed by atoms with E-state index in [1.165, 1.54) is 0 Å². The van der Waals surface area contributed by atoms with E-state index < -0.39 is 16.1 Å². The van der Waals surface area contributed by atoms with E-state index in [4.69, 9.17) is 0 Å². The molecular formula is C8H16N6O2S. The minimum absolute atomic E-state index is 0.0612. The highest BCUT2D eigenvalue weighted by Gasteiger charge is 2.22. The van der Waals surface area contributed by atoms with Crippen molar-refractivity contribution in [1.29, 1.82) is 0 Å². The number of nitrogens with one attached hydrogen (secondary N) is 3. The fourth-order valence-corrected chi connectivity index (χ4v) is 2.57. The number of H-pyrrole nitrogens is 1. The van der Waals surface area contributed by atoms with Crippen molar-refractivity contribution in [2.45, 2.75) is 31.8 Å². The molecule has 0 bridgehead atoms. The first-order valence-electron chi connectivity index (χ1n) is 5.53. The molecule has 17 heavy (non-hydrogen) atoms. The van der Waals surface area contributed by atoms with Crippen LogP contribution in [0.15, 0.2) is 0 Å². The lowest BCUT2D eigenvalue weighted by Crippen LogP contribution is -2.34. The zero-order chi connectivity index (χ0) is 12.3. The fourth-order valence-electron chi connectivity index (χ4n) is 1.42. The molecule has 1 fully saturated rings. The monoisotopic (exact) mass is 260 g/mol. The Hall–Kier alpha value is -1.06. The van der Waals surface area contributed by atoms with E-state index in [1.54, 1.807) is 6.92 Å². The van der Waals surface area contributed by atoms with Crippen molar-refractivity contribution in [3.63, 3.8) is 0 Å². The van der Waals surface area contributed by atoms with Crippen molar-refractivity contribution >= 4 is 10.0 Å². The molecular weight excluding hydrogens is 244 g/mol. The van der Waals surface area contributed by atoms with Gasteiger partial charge in [0.1, 0.15) is 0 Å². The normalized spacial score (nSPS) is 18.2. The molecule has 1 unspecified atom stereocenters. The second-order valence-electron chi connectivity index (χ2n) is 4.16. The highest BCUT2D eigenvalue weighted by Crippen LogP contribution is 2.18. The molecule has 0 spiro atoms. The van der Waals surface area contributed by atoms with E-state index in [0.29, 0.717) is 18.4 Å². The molecule has 2 rings (SSSR count). The van der Waals surface area contributed by atoms with Crippen molar-refractivity contribution in [2.75, 3.05) is 12.3 Å². The summed E-state index contributed by atoms with van der Waals surface area (Å²) in [6.45, 7) is 2.15. The van der Waals surface area contributed by atoms with Gasteiger partial charge in [0.05, 0.1) is 11.8 Å². The van der Waals surface area contributed by atoms with Crippen molar-refractivity contribution in [3.05, 3.63) is 5.82 Å². The first-order valence-corrected chi connectivity index (χ1v) is 7.19. The maximum atomic E-state index is 11.7. The number of aromatic amines is 1. The average Bonchev–Trinajstić information content (AvgIpc) is 2.91. The van der Waals surface area contributed by atoms with Gasteiger partial charge in [0, 0.05) is 12.6 Å². The Bertz CT molecular complexity index is 441. The molecule has 1 atom stereocenters. The van der Waals surface area contributed by atoms with Crippen LogP contribution in [0.25, 0.3) is 0 Å². The molecule has 0 saturated heterocycles. The zero-order valence-electron chi connectivity index (χ0n) is 9.55. The summed E-state index contributed by atoms with van der Waals surface area (Å²) in [6, 6.07) is 0.0412. The third-order valence-corrected chi connectivity index (χ3v) is 3.94. The lowest BCUT2D eigenvalue weighted by Gasteiger charge is -2.10. The molecule has 1 saturated carbocycles. The summed E-state index contributed by atoms with van der Waals surface area (Å²) in [5.74, 6) is 0.398. The molecule has 1 aromatic heterocycles. The van der Waals surface area contributed by atoms with Crippen LogP contribution in [0.5, 0.6) is 0 Å². The van der Waals surface area contributed by atoms with Gasteiger partial charge in [0.2, 0.25) is 10.0 Å². The maximum absolute atomic E-state index is 11.7. The van der Waals surface area contributed by atoms with Crippen LogP contribution in [-0.2, 0) is 10.0 Å². The first-order chi connectivity index (χ1) is 8.07. The Kier molecular flexibility index (Phi) is 3.69. The van der Waals surface area contributed by atoms with Gasteiger partial charge in [-0.1, -0.05) is 5.21 Å². The van der Waals surface area contributed by atoms with E-state index in [2.05, 4.69) is 30.7 Å². The van der Waals surface area contributed by atoms with Gasteiger partial charge in [-0.2, -0.15) is 5.21 Å². The number of nitrogens with zero attached hydrogens (tertiary/aromatic N) is 3. The van der Waals surface area contributed by atoms with Crippen LogP contribution >= 0.6 is 0 Å². The van der Waals surface area contributed by atoms with Gasteiger partial charge >= 0.3 is 0 Å². The molecule has 0 aliphatic heterocycles. The molecule has 8 nitrogen and oxygen atoms in total. The number of sulfonamides is 1. The average molecular weight is 260 g/mol. The van der Waals surface area contributed by atoms with Crippen LogP contribution in [0.2, 0.25) is 0 Å². The van der Waals surface area contributed by atoms with E-state index >= 15 is 0 Å². The van der Waals surface area contributed by atoms with Crippen molar-refractivity contribution in [2.24, 2.45) is 0 Å². The quantitative estimate of drug-likeness (QED) is 0.575. The Morgan fingerprint density at radius 2 is 2.29 bits per heavy atom. The Morgan fingerprint density at radius 1 is 1.53 bits per heavy atom. The van der Waals surface area contributed by atoms with E-state index in [0.717, 1.165) is 12.8 Å². The third kappa shape index (κ3) is 4.02. The summed E-state index contributed by atoms with van der Waals surface area (Å²) in [5, 5.41) is 16.3. The molecule has 96 valence electrons. The molecule has 1 aromatic rings. The lowest BCUT2D eigenvalue weighted by molar-refractivity contribution is 0.556.